The Kier molecular flexibility index (Phi) is 3.08. The average Bonchev–Trinajstić information content (AvgIpc) is 2.38. The number of benzene rings is 1. The van der Waals surface area contributed by atoms with Crippen LogP contribution in [0.25, 0.3) is 22.3 Å². The molecular formula is C13H7BrClN3O. The lowest BCUT2D eigenvalue weighted by molar-refractivity contribution is 1.11. The standard InChI is InChI=1S/C13H7BrClN3O/c14-7-3-4-8(9(15)6-7)11-12-10(2-1-5-16-12)17-13(19)18-11/h1-6H,(H,17,18,19). The molecule has 2 aromatic heterocycles. The molecule has 94 valence electrons. The van der Waals surface area contributed by atoms with E-state index in [1.54, 1.807) is 24.4 Å². The molecule has 1 N–H and O–H groups in total. The molecule has 6 heteroatoms. The largest absolute Gasteiger partial charge is 0.346 e. The predicted molar refractivity (Wildman–Crippen MR) is 78.3 cm³/mol. The lowest BCUT2D eigenvalue weighted by Gasteiger charge is -2.06. The Morgan fingerprint density at radius 3 is 2.89 bits per heavy atom. The molecule has 0 bridgehead atoms. The molecule has 0 atom stereocenters. The van der Waals surface area contributed by atoms with Crippen LogP contribution in [0.1, 0.15) is 0 Å². The van der Waals surface area contributed by atoms with Crippen molar-refractivity contribution >= 4 is 38.6 Å². The van der Waals surface area contributed by atoms with Crippen molar-refractivity contribution in [3.8, 4) is 11.3 Å². The number of hydrogen-bond donors (Lipinski definition) is 1. The van der Waals surface area contributed by atoms with Gasteiger partial charge in [0.1, 0.15) is 11.2 Å². The van der Waals surface area contributed by atoms with Gasteiger partial charge in [0, 0.05) is 16.2 Å². The predicted octanol–water partition coefficient (Wildman–Crippen LogP) is 3.40. The highest BCUT2D eigenvalue weighted by Crippen LogP contribution is 2.31. The van der Waals surface area contributed by atoms with Gasteiger partial charge in [-0.1, -0.05) is 33.6 Å². The van der Waals surface area contributed by atoms with Gasteiger partial charge in [0.05, 0.1) is 10.5 Å². The van der Waals surface area contributed by atoms with Crippen LogP contribution in [0.15, 0.2) is 45.8 Å². The highest BCUT2D eigenvalue weighted by atomic mass is 79.9. The average molecular weight is 337 g/mol. The molecule has 3 rings (SSSR count). The molecule has 0 saturated heterocycles. The van der Waals surface area contributed by atoms with E-state index in [4.69, 9.17) is 11.6 Å². The number of aromatic amines is 1. The van der Waals surface area contributed by atoms with E-state index < -0.39 is 5.69 Å². The summed E-state index contributed by atoms with van der Waals surface area (Å²) in [5, 5.41) is 0.513. The van der Waals surface area contributed by atoms with Gasteiger partial charge in [-0.25, -0.2) is 4.79 Å². The number of hydrogen-bond acceptors (Lipinski definition) is 3. The van der Waals surface area contributed by atoms with Crippen LogP contribution in [0, 0.1) is 0 Å². The minimum atomic E-state index is -0.422. The van der Waals surface area contributed by atoms with Crippen molar-refractivity contribution in [3.63, 3.8) is 0 Å². The van der Waals surface area contributed by atoms with Crippen molar-refractivity contribution in [3.05, 3.63) is 56.5 Å². The monoisotopic (exact) mass is 335 g/mol. The zero-order valence-corrected chi connectivity index (χ0v) is 11.9. The molecule has 3 aromatic rings. The highest BCUT2D eigenvalue weighted by Gasteiger charge is 2.12. The fourth-order valence-electron chi connectivity index (χ4n) is 1.86. The maximum absolute atomic E-state index is 11.6. The van der Waals surface area contributed by atoms with Crippen molar-refractivity contribution in [2.24, 2.45) is 0 Å². The van der Waals surface area contributed by atoms with Crippen LogP contribution >= 0.6 is 27.5 Å². The van der Waals surface area contributed by atoms with E-state index >= 15 is 0 Å². The van der Waals surface area contributed by atoms with Gasteiger partial charge in [0.2, 0.25) is 0 Å². The Morgan fingerprint density at radius 2 is 2.11 bits per heavy atom. The molecule has 0 aliphatic carbocycles. The summed E-state index contributed by atoms with van der Waals surface area (Å²) >= 11 is 9.55. The number of nitrogens with one attached hydrogen (secondary N) is 1. The number of H-pyrrole nitrogens is 1. The lowest BCUT2D eigenvalue weighted by Crippen LogP contribution is -2.11. The molecule has 0 aliphatic rings. The molecule has 0 saturated carbocycles. The summed E-state index contributed by atoms with van der Waals surface area (Å²) in [7, 11) is 0. The zero-order chi connectivity index (χ0) is 13.4. The van der Waals surface area contributed by atoms with Gasteiger partial charge >= 0.3 is 5.69 Å². The smallest absolute Gasteiger partial charge is 0.304 e. The van der Waals surface area contributed by atoms with Gasteiger partial charge in [0.15, 0.2) is 0 Å². The van der Waals surface area contributed by atoms with Gasteiger partial charge in [-0.05, 0) is 24.3 Å². The molecule has 1 aromatic carbocycles. The van der Waals surface area contributed by atoms with E-state index in [-0.39, 0.29) is 0 Å². The Hall–Kier alpha value is -1.72. The highest BCUT2D eigenvalue weighted by molar-refractivity contribution is 9.10. The molecule has 0 unspecified atom stereocenters. The summed E-state index contributed by atoms with van der Waals surface area (Å²) in [6.07, 6.45) is 1.65. The Labute approximate surface area is 121 Å². The Bertz CT molecular complexity index is 831. The normalized spacial score (nSPS) is 10.8. The number of rotatable bonds is 1. The van der Waals surface area contributed by atoms with E-state index in [0.29, 0.717) is 27.3 Å². The third kappa shape index (κ3) is 2.27. The lowest BCUT2D eigenvalue weighted by atomic mass is 10.1. The van der Waals surface area contributed by atoms with E-state index in [1.807, 2.05) is 12.1 Å². The molecule has 0 fully saturated rings. The van der Waals surface area contributed by atoms with Crippen molar-refractivity contribution in [1.29, 1.82) is 0 Å². The number of aromatic nitrogens is 3. The number of fused-ring (bicyclic) bond motifs is 1. The van der Waals surface area contributed by atoms with Crippen LogP contribution in [-0.4, -0.2) is 15.0 Å². The Morgan fingerprint density at radius 1 is 1.26 bits per heavy atom. The van der Waals surface area contributed by atoms with Crippen molar-refractivity contribution in [1.82, 2.24) is 15.0 Å². The summed E-state index contributed by atoms with van der Waals surface area (Å²) in [5.41, 5.74) is 1.99. The topological polar surface area (TPSA) is 58.6 Å². The second-order valence-corrected chi connectivity index (χ2v) is 5.24. The fourth-order valence-corrected chi connectivity index (χ4v) is 2.62. The molecule has 2 heterocycles. The molecular weight excluding hydrogens is 330 g/mol. The van der Waals surface area contributed by atoms with Crippen LogP contribution in [-0.2, 0) is 0 Å². The molecule has 0 amide bonds. The molecule has 0 spiro atoms. The van der Waals surface area contributed by atoms with Gasteiger partial charge in [0.25, 0.3) is 0 Å². The molecule has 0 aliphatic heterocycles. The summed E-state index contributed by atoms with van der Waals surface area (Å²) in [6, 6.07) is 8.95. The van der Waals surface area contributed by atoms with Gasteiger partial charge in [-0.3, -0.25) is 4.98 Å². The van der Waals surface area contributed by atoms with Crippen LogP contribution < -0.4 is 5.69 Å². The fraction of sp³-hybridized carbons (Fsp3) is 0. The van der Waals surface area contributed by atoms with E-state index in [9.17, 15) is 4.79 Å². The van der Waals surface area contributed by atoms with E-state index in [2.05, 4.69) is 30.9 Å². The maximum Gasteiger partial charge on any atom is 0.346 e. The maximum atomic E-state index is 11.6. The first-order chi connectivity index (χ1) is 9.15. The summed E-state index contributed by atoms with van der Waals surface area (Å²) in [5.74, 6) is 0. The second-order valence-electron chi connectivity index (χ2n) is 3.91. The summed E-state index contributed by atoms with van der Waals surface area (Å²) in [6.45, 7) is 0. The minimum absolute atomic E-state index is 0.422. The number of nitrogens with zero attached hydrogens (tertiary/aromatic N) is 2. The molecule has 4 nitrogen and oxygen atoms in total. The van der Waals surface area contributed by atoms with Gasteiger partial charge < -0.3 is 4.98 Å². The van der Waals surface area contributed by atoms with Crippen LogP contribution in [0.2, 0.25) is 5.02 Å². The SMILES string of the molecule is O=c1nc(-c2ccc(Br)cc2Cl)c2ncccc2[nH]1. The van der Waals surface area contributed by atoms with Crippen LogP contribution in [0.4, 0.5) is 0 Å². The Balaban J connectivity index is 2.39. The van der Waals surface area contributed by atoms with Gasteiger partial charge in [-0.15, -0.1) is 0 Å². The van der Waals surface area contributed by atoms with Crippen LogP contribution in [0.3, 0.4) is 0 Å². The van der Waals surface area contributed by atoms with Crippen molar-refractivity contribution in [2.75, 3.05) is 0 Å². The second kappa shape index (κ2) is 4.75. The van der Waals surface area contributed by atoms with E-state index in [0.717, 1.165) is 4.47 Å². The first-order valence-electron chi connectivity index (χ1n) is 5.45. The third-order valence-corrected chi connectivity index (χ3v) is 3.48. The number of halogens is 2. The van der Waals surface area contributed by atoms with E-state index in [1.165, 1.54) is 0 Å². The third-order valence-electron chi connectivity index (χ3n) is 2.67. The first kappa shape index (κ1) is 12.3. The summed E-state index contributed by atoms with van der Waals surface area (Å²) < 4.78 is 0.864. The molecule has 19 heavy (non-hydrogen) atoms. The quantitative estimate of drug-likeness (QED) is 0.741. The van der Waals surface area contributed by atoms with Crippen molar-refractivity contribution in [2.45, 2.75) is 0 Å². The molecule has 0 radical (unpaired) electrons. The van der Waals surface area contributed by atoms with Crippen LogP contribution in [0.5, 0.6) is 0 Å². The first-order valence-corrected chi connectivity index (χ1v) is 6.63. The minimum Gasteiger partial charge on any atom is -0.304 e. The van der Waals surface area contributed by atoms with Gasteiger partial charge in [-0.2, -0.15) is 4.98 Å². The van der Waals surface area contributed by atoms with Crippen molar-refractivity contribution < 1.29 is 0 Å². The summed E-state index contributed by atoms with van der Waals surface area (Å²) in [4.78, 5) is 22.5. The number of pyridine rings is 1. The zero-order valence-electron chi connectivity index (χ0n) is 9.52.